The van der Waals surface area contributed by atoms with Crippen LogP contribution in [0, 0.1) is 6.92 Å². The number of carbonyl (C=O) groups excluding carboxylic acids is 1. The van der Waals surface area contributed by atoms with E-state index < -0.39 is 0 Å². The third kappa shape index (κ3) is 5.61. The molecule has 0 spiro atoms. The van der Waals surface area contributed by atoms with Gasteiger partial charge in [0.05, 0.1) is 19.3 Å². The minimum atomic E-state index is -0.0577. The predicted octanol–water partition coefficient (Wildman–Crippen LogP) is 3.89. The van der Waals surface area contributed by atoms with Gasteiger partial charge >= 0.3 is 0 Å². The maximum Gasteiger partial charge on any atom is 0.251 e. The van der Waals surface area contributed by atoms with Crippen molar-refractivity contribution in [2.45, 2.75) is 37.0 Å². The van der Waals surface area contributed by atoms with Crippen LogP contribution in [0.3, 0.4) is 0 Å². The van der Waals surface area contributed by atoms with Gasteiger partial charge in [0, 0.05) is 35.3 Å². The number of furan rings is 1. The Morgan fingerprint density at radius 3 is 2.44 bits per heavy atom. The van der Waals surface area contributed by atoms with Crippen LogP contribution in [0.25, 0.3) is 0 Å². The fourth-order valence-electron chi connectivity index (χ4n) is 3.18. The van der Waals surface area contributed by atoms with E-state index in [1.54, 1.807) is 11.8 Å². The highest BCUT2D eigenvalue weighted by Gasteiger charge is 2.25. The van der Waals surface area contributed by atoms with E-state index in [1.807, 2.05) is 43.3 Å². The van der Waals surface area contributed by atoms with E-state index in [0.29, 0.717) is 30.6 Å². The predicted molar refractivity (Wildman–Crippen MR) is 108 cm³/mol. The molecule has 0 saturated carbocycles. The van der Waals surface area contributed by atoms with Crippen LogP contribution in [0.5, 0.6) is 0 Å². The summed E-state index contributed by atoms with van der Waals surface area (Å²) in [6.07, 6.45) is 0. The Bertz CT molecular complexity index is 736. The lowest BCUT2D eigenvalue weighted by atomic mass is 10.1. The summed E-state index contributed by atoms with van der Waals surface area (Å²) in [5.41, 5.74) is 0.680. The Labute approximate surface area is 165 Å². The average Bonchev–Trinajstić information content (AvgIpc) is 3.09. The Balaban J connectivity index is 1.64. The van der Waals surface area contributed by atoms with Gasteiger partial charge in [0.25, 0.3) is 5.91 Å². The normalized spacial score (nSPS) is 16.4. The molecule has 0 radical (unpaired) electrons. The van der Waals surface area contributed by atoms with Crippen molar-refractivity contribution in [1.82, 2.24) is 10.2 Å². The summed E-state index contributed by atoms with van der Waals surface area (Å²) >= 11 is 1.79. The first-order valence-corrected chi connectivity index (χ1v) is 10.3. The molecular formula is C21H28N2O3S. The minimum Gasteiger partial charge on any atom is -0.465 e. The molecule has 6 heteroatoms. The number of morpholine rings is 1. The standard InChI is InChI=1S/C21H28N2O3S/c1-15(2)27-18-7-5-17(6-8-18)21(24)22-14-19(20-9-4-16(3)26-20)23-10-12-25-13-11-23/h4-9,15,19H,10-14H2,1-3H3,(H,22,24)/t19-/m1/s1. The number of thioether (sulfide) groups is 1. The largest absolute Gasteiger partial charge is 0.465 e. The molecular weight excluding hydrogens is 360 g/mol. The number of hydrogen-bond donors (Lipinski definition) is 1. The van der Waals surface area contributed by atoms with E-state index in [4.69, 9.17) is 9.15 Å². The summed E-state index contributed by atoms with van der Waals surface area (Å²) in [5.74, 6) is 1.71. The maximum absolute atomic E-state index is 12.6. The highest BCUT2D eigenvalue weighted by molar-refractivity contribution is 7.99. The monoisotopic (exact) mass is 388 g/mol. The van der Waals surface area contributed by atoms with Crippen LogP contribution in [0.2, 0.25) is 0 Å². The summed E-state index contributed by atoms with van der Waals surface area (Å²) in [4.78, 5) is 16.1. The van der Waals surface area contributed by atoms with Crippen molar-refractivity contribution in [3.63, 3.8) is 0 Å². The van der Waals surface area contributed by atoms with Crippen molar-refractivity contribution in [2.75, 3.05) is 32.8 Å². The molecule has 2 aromatic rings. The fourth-order valence-corrected chi connectivity index (χ4v) is 4.02. The number of amides is 1. The Hall–Kier alpha value is -1.76. The molecule has 5 nitrogen and oxygen atoms in total. The summed E-state index contributed by atoms with van der Waals surface area (Å²) in [6.45, 7) is 9.85. The lowest BCUT2D eigenvalue weighted by molar-refractivity contribution is 0.0117. The van der Waals surface area contributed by atoms with Crippen LogP contribution in [0.1, 0.15) is 41.8 Å². The molecule has 3 rings (SSSR count). The Kier molecular flexibility index (Phi) is 6.99. The van der Waals surface area contributed by atoms with Gasteiger partial charge in [0.1, 0.15) is 11.5 Å². The topological polar surface area (TPSA) is 54.7 Å². The number of carbonyl (C=O) groups is 1. The summed E-state index contributed by atoms with van der Waals surface area (Å²) in [6, 6.07) is 11.8. The van der Waals surface area contributed by atoms with Gasteiger partial charge in [0.2, 0.25) is 0 Å². The second kappa shape index (κ2) is 9.44. The molecule has 1 saturated heterocycles. The van der Waals surface area contributed by atoms with Crippen molar-refractivity contribution < 1.29 is 13.9 Å². The van der Waals surface area contributed by atoms with E-state index in [0.717, 1.165) is 24.6 Å². The molecule has 0 aliphatic carbocycles. The average molecular weight is 389 g/mol. The second-order valence-corrected chi connectivity index (χ2v) is 8.66. The first-order chi connectivity index (χ1) is 13.0. The number of benzene rings is 1. The SMILES string of the molecule is Cc1ccc([C@@H](CNC(=O)c2ccc(SC(C)C)cc2)N2CCOCC2)o1. The molecule has 1 aliphatic rings. The number of nitrogens with zero attached hydrogens (tertiary/aromatic N) is 1. The molecule has 0 bridgehead atoms. The van der Waals surface area contributed by atoms with E-state index in [1.165, 1.54) is 4.90 Å². The smallest absolute Gasteiger partial charge is 0.251 e. The number of aryl methyl sites for hydroxylation is 1. The van der Waals surface area contributed by atoms with Gasteiger partial charge in [0.15, 0.2) is 0 Å². The molecule has 0 unspecified atom stereocenters. The molecule has 1 aromatic heterocycles. The molecule has 1 aliphatic heterocycles. The third-order valence-electron chi connectivity index (χ3n) is 4.52. The van der Waals surface area contributed by atoms with Gasteiger partial charge in [-0.25, -0.2) is 0 Å². The summed E-state index contributed by atoms with van der Waals surface area (Å²) in [7, 11) is 0. The zero-order valence-electron chi connectivity index (χ0n) is 16.2. The third-order valence-corrected chi connectivity index (χ3v) is 5.54. The number of ether oxygens (including phenoxy) is 1. The summed E-state index contributed by atoms with van der Waals surface area (Å²) < 4.78 is 11.3. The lowest BCUT2D eigenvalue weighted by Crippen LogP contribution is -2.43. The highest BCUT2D eigenvalue weighted by Crippen LogP contribution is 2.24. The lowest BCUT2D eigenvalue weighted by Gasteiger charge is -2.33. The van der Waals surface area contributed by atoms with Gasteiger partial charge in [-0.1, -0.05) is 13.8 Å². The second-order valence-electron chi connectivity index (χ2n) is 7.01. The molecule has 1 atom stereocenters. The van der Waals surface area contributed by atoms with Crippen LogP contribution >= 0.6 is 11.8 Å². The minimum absolute atomic E-state index is 0.0160. The van der Waals surface area contributed by atoms with Gasteiger partial charge in [-0.05, 0) is 43.3 Å². The van der Waals surface area contributed by atoms with Crippen LogP contribution in [-0.4, -0.2) is 48.9 Å². The van der Waals surface area contributed by atoms with Crippen molar-refractivity contribution in [3.8, 4) is 0 Å². The van der Waals surface area contributed by atoms with E-state index in [9.17, 15) is 4.79 Å². The first kappa shape index (κ1) is 20.0. The van der Waals surface area contributed by atoms with Crippen molar-refractivity contribution in [3.05, 3.63) is 53.5 Å². The molecule has 1 fully saturated rings. The quantitative estimate of drug-likeness (QED) is 0.729. The van der Waals surface area contributed by atoms with Gasteiger partial charge in [-0.3, -0.25) is 9.69 Å². The number of rotatable bonds is 7. The first-order valence-electron chi connectivity index (χ1n) is 9.46. The van der Waals surface area contributed by atoms with Crippen molar-refractivity contribution >= 4 is 17.7 Å². The zero-order valence-corrected chi connectivity index (χ0v) is 17.1. The molecule has 2 heterocycles. The van der Waals surface area contributed by atoms with Crippen molar-refractivity contribution in [2.24, 2.45) is 0 Å². The highest BCUT2D eigenvalue weighted by atomic mass is 32.2. The van der Waals surface area contributed by atoms with Crippen molar-refractivity contribution in [1.29, 1.82) is 0 Å². The Morgan fingerprint density at radius 1 is 1.15 bits per heavy atom. The fraction of sp³-hybridized carbons (Fsp3) is 0.476. The number of nitrogens with one attached hydrogen (secondary N) is 1. The van der Waals surface area contributed by atoms with E-state index >= 15 is 0 Å². The van der Waals surface area contributed by atoms with E-state index in [-0.39, 0.29) is 11.9 Å². The van der Waals surface area contributed by atoms with Crippen LogP contribution in [0.15, 0.2) is 45.7 Å². The molecule has 146 valence electrons. The maximum atomic E-state index is 12.6. The van der Waals surface area contributed by atoms with Gasteiger partial charge < -0.3 is 14.5 Å². The van der Waals surface area contributed by atoms with Gasteiger partial charge in [-0.15, -0.1) is 11.8 Å². The molecule has 1 amide bonds. The Morgan fingerprint density at radius 2 is 1.85 bits per heavy atom. The molecule has 1 aromatic carbocycles. The molecule has 1 N–H and O–H groups in total. The van der Waals surface area contributed by atoms with E-state index in [2.05, 4.69) is 24.1 Å². The zero-order chi connectivity index (χ0) is 19.2. The number of hydrogen-bond acceptors (Lipinski definition) is 5. The van der Waals surface area contributed by atoms with Crippen LogP contribution in [0.4, 0.5) is 0 Å². The van der Waals surface area contributed by atoms with Gasteiger partial charge in [-0.2, -0.15) is 0 Å². The van der Waals surface area contributed by atoms with Crippen LogP contribution < -0.4 is 5.32 Å². The molecule has 27 heavy (non-hydrogen) atoms. The summed E-state index contributed by atoms with van der Waals surface area (Å²) in [5, 5.41) is 3.60. The van der Waals surface area contributed by atoms with Crippen LogP contribution in [-0.2, 0) is 4.74 Å².